The molecule has 2 heterocycles. The zero-order valence-electron chi connectivity index (χ0n) is 16.5. The number of Topliss-reactive ketones (excluding diaryl/α,β-unsaturated/α-hetero) is 1. The van der Waals surface area contributed by atoms with Crippen molar-refractivity contribution in [3.63, 3.8) is 0 Å². The molecule has 6 nitrogen and oxygen atoms in total. The Kier molecular flexibility index (Phi) is 6.24. The summed E-state index contributed by atoms with van der Waals surface area (Å²) < 4.78 is 5.11. The van der Waals surface area contributed by atoms with Crippen LogP contribution in [-0.2, 0) is 4.74 Å². The average molecular weight is 429 g/mol. The predicted octanol–water partition coefficient (Wildman–Crippen LogP) is 5.12. The number of thiophene rings is 1. The molecule has 29 heavy (non-hydrogen) atoms. The second-order valence-electron chi connectivity index (χ2n) is 6.29. The van der Waals surface area contributed by atoms with E-state index in [0.717, 1.165) is 21.9 Å². The Morgan fingerprint density at radius 3 is 2.38 bits per heavy atom. The predicted molar refractivity (Wildman–Crippen MR) is 115 cm³/mol. The van der Waals surface area contributed by atoms with Crippen LogP contribution in [0, 0.1) is 13.8 Å². The molecule has 0 radical (unpaired) electrons. The number of thiazole rings is 1. The summed E-state index contributed by atoms with van der Waals surface area (Å²) in [6, 6.07) is 9.60. The number of nitrogens with one attached hydrogen (secondary N) is 1. The van der Waals surface area contributed by atoms with Crippen molar-refractivity contribution >= 4 is 45.3 Å². The highest BCUT2D eigenvalue weighted by molar-refractivity contribution is 7.19. The molecule has 2 aromatic heterocycles. The van der Waals surface area contributed by atoms with Gasteiger partial charge >= 0.3 is 5.97 Å². The topological polar surface area (TPSA) is 85.4 Å². The SMILES string of the molecule is CCOC(=O)c1c(NC(=O)c2sc(-c3ccccc3)nc2C)sc(C(C)=O)c1C. The van der Waals surface area contributed by atoms with Gasteiger partial charge in [0.2, 0.25) is 0 Å². The van der Waals surface area contributed by atoms with E-state index in [0.29, 0.717) is 26.0 Å². The number of ether oxygens (including phenoxy) is 1. The maximum absolute atomic E-state index is 12.9. The summed E-state index contributed by atoms with van der Waals surface area (Å²) in [5, 5.41) is 3.84. The van der Waals surface area contributed by atoms with E-state index >= 15 is 0 Å². The zero-order valence-corrected chi connectivity index (χ0v) is 18.1. The lowest BCUT2D eigenvalue weighted by Gasteiger charge is -2.06. The number of aryl methyl sites for hydroxylation is 1. The number of hydrogen-bond acceptors (Lipinski definition) is 7. The van der Waals surface area contributed by atoms with E-state index in [1.807, 2.05) is 30.3 Å². The highest BCUT2D eigenvalue weighted by Gasteiger charge is 2.26. The number of hydrogen-bond donors (Lipinski definition) is 1. The molecule has 0 bridgehead atoms. The fourth-order valence-electron chi connectivity index (χ4n) is 2.86. The number of carbonyl (C=O) groups excluding carboxylic acids is 3. The highest BCUT2D eigenvalue weighted by atomic mass is 32.1. The van der Waals surface area contributed by atoms with Gasteiger partial charge in [-0.05, 0) is 33.3 Å². The van der Waals surface area contributed by atoms with Crippen molar-refractivity contribution in [3.05, 3.63) is 56.9 Å². The molecular weight excluding hydrogens is 408 g/mol. The molecule has 0 aliphatic heterocycles. The quantitative estimate of drug-likeness (QED) is 0.435. The third-order valence-corrected chi connectivity index (χ3v) is 6.71. The van der Waals surface area contributed by atoms with Crippen molar-refractivity contribution in [2.45, 2.75) is 27.7 Å². The van der Waals surface area contributed by atoms with Gasteiger partial charge in [-0.2, -0.15) is 0 Å². The van der Waals surface area contributed by atoms with Crippen LogP contribution in [0.15, 0.2) is 30.3 Å². The number of nitrogens with zero attached hydrogens (tertiary/aromatic N) is 1. The van der Waals surface area contributed by atoms with Crippen LogP contribution in [0.4, 0.5) is 5.00 Å². The fraction of sp³-hybridized carbons (Fsp3) is 0.238. The molecule has 150 valence electrons. The van der Waals surface area contributed by atoms with Crippen LogP contribution >= 0.6 is 22.7 Å². The number of carbonyl (C=O) groups is 3. The monoisotopic (exact) mass is 428 g/mol. The largest absolute Gasteiger partial charge is 0.462 e. The van der Waals surface area contributed by atoms with Crippen molar-refractivity contribution in [1.82, 2.24) is 4.98 Å². The highest BCUT2D eigenvalue weighted by Crippen LogP contribution is 2.35. The third-order valence-electron chi connectivity index (χ3n) is 4.20. The first-order valence-electron chi connectivity index (χ1n) is 8.99. The zero-order chi connectivity index (χ0) is 21.1. The van der Waals surface area contributed by atoms with Crippen molar-refractivity contribution in [1.29, 1.82) is 0 Å². The van der Waals surface area contributed by atoms with E-state index in [1.165, 1.54) is 18.3 Å². The Bertz CT molecular complexity index is 1080. The molecule has 1 aromatic carbocycles. The van der Waals surface area contributed by atoms with E-state index in [4.69, 9.17) is 4.74 Å². The van der Waals surface area contributed by atoms with Gasteiger partial charge in [0.1, 0.15) is 14.9 Å². The Morgan fingerprint density at radius 2 is 1.76 bits per heavy atom. The minimum absolute atomic E-state index is 0.168. The molecule has 0 unspecified atom stereocenters. The summed E-state index contributed by atoms with van der Waals surface area (Å²) in [5.41, 5.74) is 2.27. The van der Waals surface area contributed by atoms with Gasteiger partial charge in [-0.15, -0.1) is 22.7 Å². The van der Waals surface area contributed by atoms with Crippen LogP contribution in [-0.4, -0.2) is 29.3 Å². The summed E-state index contributed by atoms with van der Waals surface area (Å²) in [5.74, 6) is -1.10. The summed E-state index contributed by atoms with van der Waals surface area (Å²) in [4.78, 5) is 42.6. The average Bonchev–Trinajstić information content (AvgIpc) is 3.23. The number of anilines is 1. The first kappa shape index (κ1) is 20.9. The number of amides is 1. The van der Waals surface area contributed by atoms with Crippen molar-refractivity contribution in [2.75, 3.05) is 11.9 Å². The second-order valence-corrected chi connectivity index (χ2v) is 8.31. The van der Waals surface area contributed by atoms with Gasteiger partial charge in [-0.3, -0.25) is 9.59 Å². The number of ketones is 1. The maximum atomic E-state index is 12.9. The van der Waals surface area contributed by atoms with Crippen LogP contribution in [0.25, 0.3) is 10.6 Å². The van der Waals surface area contributed by atoms with Crippen LogP contribution in [0.2, 0.25) is 0 Å². The lowest BCUT2D eigenvalue weighted by Crippen LogP contribution is -2.14. The molecule has 0 fully saturated rings. The normalized spacial score (nSPS) is 10.6. The standard InChI is InChI=1S/C21H20N2O4S2/c1-5-27-21(26)15-11(2)16(13(4)24)28-20(15)23-18(25)17-12(3)22-19(29-17)14-9-7-6-8-10-14/h6-10H,5H2,1-4H3,(H,23,25). The fourth-order valence-corrected chi connectivity index (χ4v) is 4.91. The molecule has 1 N–H and O–H groups in total. The van der Waals surface area contributed by atoms with Crippen molar-refractivity contribution in [3.8, 4) is 10.6 Å². The van der Waals surface area contributed by atoms with Crippen molar-refractivity contribution in [2.24, 2.45) is 0 Å². The van der Waals surface area contributed by atoms with Gasteiger partial charge in [-0.1, -0.05) is 30.3 Å². The lowest BCUT2D eigenvalue weighted by molar-refractivity contribution is 0.0527. The summed E-state index contributed by atoms with van der Waals surface area (Å²) >= 11 is 2.36. The van der Waals surface area contributed by atoms with E-state index in [2.05, 4.69) is 10.3 Å². The van der Waals surface area contributed by atoms with Gasteiger partial charge in [0.05, 0.1) is 22.7 Å². The molecule has 0 aliphatic rings. The summed E-state index contributed by atoms with van der Waals surface area (Å²) in [6.45, 7) is 6.78. The Balaban J connectivity index is 1.95. The molecule has 3 aromatic rings. The number of rotatable bonds is 6. The number of aromatic nitrogens is 1. The molecule has 1 amide bonds. The van der Waals surface area contributed by atoms with Crippen LogP contribution in [0.5, 0.6) is 0 Å². The van der Waals surface area contributed by atoms with Crippen LogP contribution in [0.1, 0.15) is 54.8 Å². The second kappa shape index (κ2) is 8.67. The van der Waals surface area contributed by atoms with Crippen LogP contribution < -0.4 is 5.32 Å². The summed E-state index contributed by atoms with van der Waals surface area (Å²) in [6.07, 6.45) is 0. The van der Waals surface area contributed by atoms with E-state index in [1.54, 1.807) is 20.8 Å². The van der Waals surface area contributed by atoms with Gasteiger partial charge in [0, 0.05) is 5.56 Å². The number of esters is 1. The first-order valence-corrected chi connectivity index (χ1v) is 10.6. The van der Waals surface area contributed by atoms with Gasteiger partial charge < -0.3 is 10.1 Å². The van der Waals surface area contributed by atoms with E-state index in [-0.39, 0.29) is 23.9 Å². The van der Waals surface area contributed by atoms with Crippen LogP contribution in [0.3, 0.4) is 0 Å². The van der Waals surface area contributed by atoms with Gasteiger partial charge in [-0.25, -0.2) is 9.78 Å². The smallest absolute Gasteiger partial charge is 0.341 e. The molecule has 0 saturated carbocycles. The summed E-state index contributed by atoms with van der Waals surface area (Å²) in [7, 11) is 0. The minimum atomic E-state index is -0.560. The molecular formula is C21H20N2O4S2. The maximum Gasteiger partial charge on any atom is 0.341 e. The lowest BCUT2D eigenvalue weighted by atomic mass is 10.1. The molecule has 0 atom stereocenters. The molecule has 0 saturated heterocycles. The first-order chi connectivity index (χ1) is 13.8. The molecule has 0 aliphatic carbocycles. The third kappa shape index (κ3) is 4.28. The molecule has 3 rings (SSSR count). The van der Waals surface area contributed by atoms with E-state index < -0.39 is 5.97 Å². The minimum Gasteiger partial charge on any atom is -0.462 e. The Labute approximate surface area is 176 Å². The Morgan fingerprint density at radius 1 is 1.07 bits per heavy atom. The van der Waals surface area contributed by atoms with E-state index in [9.17, 15) is 14.4 Å². The van der Waals surface area contributed by atoms with Gasteiger partial charge in [0.25, 0.3) is 5.91 Å². The Hall–Kier alpha value is -2.84. The molecule has 0 spiro atoms. The van der Waals surface area contributed by atoms with Crippen molar-refractivity contribution < 1.29 is 19.1 Å². The van der Waals surface area contributed by atoms with Gasteiger partial charge in [0.15, 0.2) is 5.78 Å². The number of benzene rings is 1. The molecule has 8 heteroatoms.